The number of ether oxygens (including phenoxy) is 2. The molecule has 1 N–H and O–H groups in total. The molecule has 0 aliphatic carbocycles. The van der Waals surface area contributed by atoms with Gasteiger partial charge in [-0.2, -0.15) is 0 Å². The van der Waals surface area contributed by atoms with Crippen molar-refractivity contribution in [3.63, 3.8) is 0 Å². The van der Waals surface area contributed by atoms with Crippen LogP contribution in [0.1, 0.15) is 29.6 Å². The molecule has 0 aromatic heterocycles. The fraction of sp³-hybridized carbons (Fsp3) is 0.500. The standard InChI is InChI=1S/C14H19BrN2O3/c1-19-11-8-10(9-12(20-2)13(11)15)14(18)16-17-6-4-3-5-7-17/h8-9H,3-7H2,1-2H3,(H,16,18). The SMILES string of the molecule is COc1cc(C(=O)NN2CCCCC2)cc(OC)c1Br. The van der Waals surface area contributed by atoms with Crippen LogP contribution in [-0.2, 0) is 0 Å². The average Bonchev–Trinajstić information content (AvgIpc) is 2.48. The fourth-order valence-corrected chi connectivity index (χ4v) is 2.77. The van der Waals surface area contributed by atoms with Gasteiger partial charge in [0.2, 0.25) is 0 Å². The molecule has 0 bridgehead atoms. The molecule has 1 aliphatic heterocycles. The highest BCUT2D eigenvalue weighted by Crippen LogP contribution is 2.35. The van der Waals surface area contributed by atoms with Gasteiger partial charge in [0, 0.05) is 18.7 Å². The third-order valence-corrected chi connectivity index (χ3v) is 4.11. The van der Waals surface area contributed by atoms with Crippen LogP contribution >= 0.6 is 15.9 Å². The zero-order valence-electron chi connectivity index (χ0n) is 11.7. The Morgan fingerprint density at radius 3 is 2.20 bits per heavy atom. The molecule has 1 aromatic carbocycles. The van der Waals surface area contributed by atoms with Gasteiger partial charge < -0.3 is 9.47 Å². The van der Waals surface area contributed by atoms with Crippen molar-refractivity contribution in [3.8, 4) is 11.5 Å². The van der Waals surface area contributed by atoms with Gasteiger partial charge in [-0.05, 0) is 40.9 Å². The number of hydrazine groups is 1. The minimum absolute atomic E-state index is 0.143. The van der Waals surface area contributed by atoms with E-state index in [9.17, 15) is 4.79 Å². The average molecular weight is 343 g/mol. The van der Waals surface area contributed by atoms with Gasteiger partial charge in [0.05, 0.1) is 14.2 Å². The minimum atomic E-state index is -0.143. The number of carbonyl (C=O) groups excluding carboxylic acids is 1. The Morgan fingerprint density at radius 2 is 1.70 bits per heavy atom. The summed E-state index contributed by atoms with van der Waals surface area (Å²) in [5.74, 6) is 1.01. The predicted octanol–water partition coefficient (Wildman–Crippen LogP) is 2.60. The topological polar surface area (TPSA) is 50.8 Å². The molecule has 1 aliphatic rings. The van der Waals surface area contributed by atoms with Crippen molar-refractivity contribution in [2.24, 2.45) is 0 Å². The van der Waals surface area contributed by atoms with Gasteiger partial charge in [0.25, 0.3) is 5.91 Å². The highest BCUT2D eigenvalue weighted by molar-refractivity contribution is 9.10. The number of carbonyl (C=O) groups is 1. The number of hydrogen-bond acceptors (Lipinski definition) is 4. The maximum atomic E-state index is 12.3. The van der Waals surface area contributed by atoms with Gasteiger partial charge in [-0.3, -0.25) is 10.2 Å². The van der Waals surface area contributed by atoms with Crippen LogP contribution in [0, 0.1) is 0 Å². The summed E-state index contributed by atoms with van der Waals surface area (Å²) in [6.45, 7) is 1.80. The monoisotopic (exact) mass is 342 g/mol. The van der Waals surface area contributed by atoms with Crippen LogP contribution in [0.2, 0.25) is 0 Å². The summed E-state index contributed by atoms with van der Waals surface area (Å²) >= 11 is 3.39. The Bertz CT molecular complexity index is 462. The van der Waals surface area contributed by atoms with E-state index in [1.165, 1.54) is 6.42 Å². The van der Waals surface area contributed by atoms with Gasteiger partial charge in [-0.25, -0.2) is 5.01 Å². The van der Waals surface area contributed by atoms with E-state index in [-0.39, 0.29) is 5.91 Å². The van der Waals surface area contributed by atoms with Crippen LogP contribution in [-0.4, -0.2) is 38.2 Å². The van der Waals surface area contributed by atoms with Crippen molar-refractivity contribution in [1.29, 1.82) is 0 Å². The molecule has 1 heterocycles. The Labute approximate surface area is 127 Å². The summed E-state index contributed by atoms with van der Waals surface area (Å²) in [5.41, 5.74) is 3.45. The maximum Gasteiger partial charge on any atom is 0.265 e. The molecule has 6 heteroatoms. The number of amides is 1. The summed E-state index contributed by atoms with van der Waals surface area (Å²) in [7, 11) is 3.12. The lowest BCUT2D eigenvalue weighted by Gasteiger charge is -2.27. The molecule has 0 spiro atoms. The van der Waals surface area contributed by atoms with Gasteiger partial charge in [0.15, 0.2) is 0 Å². The second-order valence-corrected chi connectivity index (χ2v) is 5.48. The Kier molecular flexibility index (Phi) is 5.25. The second-order valence-electron chi connectivity index (χ2n) is 4.68. The van der Waals surface area contributed by atoms with Crippen molar-refractivity contribution in [2.75, 3.05) is 27.3 Å². The van der Waals surface area contributed by atoms with Crippen LogP contribution in [0.4, 0.5) is 0 Å². The lowest BCUT2D eigenvalue weighted by Crippen LogP contribution is -2.45. The van der Waals surface area contributed by atoms with Gasteiger partial charge in [-0.15, -0.1) is 0 Å². The van der Waals surface area contributed by atoms with Crippen molar-refractivity contribution >= 4 is 21.8 Å². The summed E-state index contributed by atoms with van der Waals surface area (Å²) in [6.07, 6.45) is 3.47. The first kappa shape index (κ1) is 15.1. The Balaban J connectivity index is 2.16. The number of halogens is 1. The molecular formula is C14H19BrN2O3. The van der Waals surface area contributed by atoms with Crippen LogP contribution in [0.5, 0.6) is 11.5 Å². The van der Waals surface area contributed by atoms with E-state index in [1.54, 1.807) is 26.4 Å². The van der Waals surface area contributed by atoms with E-state index in [2.05, 4.69) is 21.4 Å². The molecule has 110 valence electrons. The summed E-state index contributed by atoms with van der Waals surface area (Å²) in [6, 6.07) is 3.40. The van der Waals surface area contributed by atoms with Crippen LogP contribution in [0.15, 0.2) is 16.6 Å². The van der Waals surface area contributed by atoms with Crippen molar-refractivity contribution in [3.05, 3.63) is 22.2 Å². The lowest BCUT2D eigenvalue weighted by atomic mass is 10.1. The molecule has 1 aromatic rings. The van der Waals surface area contributed by atoms with Crippen LogP contribution in [0.25, 0.3) is 0 Å². The molecule has 5 nitrogen and oxygen atoms in total. The van der Waals surface area contributed by atoms with Crippen molar-refractivity contribution < 1.29 is 14.3 Å². The molecule has 0 atom stereocenters. The zero-order chi connectivity index (χ0) is 14.5. The molecule has 1 amide bonds. The smallest absolute Gasteiger partial charge is 0.265 e. The molecule has 20 heavy (non-hydrogen) atoms. The first-order valence-electron chi connectivity index (χ1n) is 6.63. The Morgan fingerprint density at radius 1 is 1.15 bits per heavy atom. The van der Waals surface area contributed by atoms with E-state index >= 15 is 0 Å². The lowest BCUT2D eigenvalue weighted by molar-refractivity contribution is 0.0749. The Hall–Kier alpha value is -1.27. The van der Waals surface area contributed by atoms with E-state index in [0.29, 0.717) is 21.5 Å². The first-order valence-corrected chi connectivity index (χ1v) is 7.42. The van der Waals surface area contributed by atoms with E-state index in [1.807, 2.05) is 5.01 Å². The van der Waals surface area contributed by atoms with Crippen molar-refractivity contribution in [1.82, 2.24) is 10.4 Å². The predicted molar refractivity (Wildman–Crippen MR) is 80.1 cm³/mol. The summed E-state index contributed by atoms with van der Waals surface area (Å²) < 4.78 is 11.2. The largest absolute Gasteiger partial charge is 0.495 e. The number of benzene rings is 1. The van der Waals surface area contributed by atoms with E-state index < -0.39 is 0 Å². The summed E-state index contributed by atoms with van der Waals surface area (Å²) in [5, 5.41) is 1.97. The number of nitrogens with one attached hydrogen (secondary N) is 1. The van der Waals surface area contributed by atoms with E-state index in [0.717, 1.165) is 25.9 Å². The molecule has 0 radical (unpaired) electrons. The highest BCUT2D eigenvalue weighted by atomic mass is 79.9. The van der Waals surface area contributed by atoms with Crippen LogP contribution in [0.3, 0.4) is 0 Å². The minimum Gasteiger partial charge on any atom is -0.495 e. The third-order valence-electron chi connectivity index (χ3n) is 3.32. The number of methoxy groups -OCH3 is 2. The van der Waals surface area contributed by atoms with Gasteiger partial charge in [0.1, 0.15) is 16.0 Å². The van der Waals surface area contributed by atoms with E-state index in [4.69, 9.17) is 9.47 Å². The second kappa shape index (κ2) is 6.95. The maximum absolute atomic E-state index is 12.3. The number of hydrogen-bond donors (Lipinski definition) is 1. The van der Waals surface area contributed by atoms with Gasteiger partial charge in [-0.1, -0.05) is 6.42 Å². The first-order chi connectivity index (χ1) is 9.65. The normalized spacial score (nSPS) is 15.8. The molecule has 0 saturated carbocycles. The number of piperidine rings is 1. The molecule has 1 saturated heterocycles. The highest BCUT2D eigenvalue weighted by Gasteiger charge is 2.17. The number of nitrogens with zero attached hydrogens (tertiary/aromatic N) is 1. The van der Waals surface area contributed by atoms with Crippen molar-refractivity contribution in [2.45, 2.75) is 19.3 Å². The fourth-order valence-electron chi connectivity index (χ4n) is 2.21. The molecule has 2 rings (SSSR count). The van der Waals surface area contributed by atoms with Crippen LogP contribution < -0.4 is 14.9 Å². The molecule has 1 fully saturated rings. The van der Waals surface area contributed by atoms with Gasteiger partial charge >= 0.3 is 0 Å². The molecule has 0 unspecified atom stereocenters. The summed E-state index contributed by atoms with van der Waals surface area (Å²) in [4.78, 5) is 12.3. The quantitative estimate of drug-likeness (QED) is 0.913. The molecular weight excluding hydrogens is 324 g/mol. The zero-order valence-corrected chi connectivity index (χ0v) is 13.3. The third kappa shape index (κ3) is 3.43. The number of rotatable bonds is 4.